The number of hydrogen-bond acceptors (Lipinski definition) is 4. The zero-order valence-corrected chi connectivity index (χ0v) is 17.8. The number of carbonyl (C=O) groups is 1. The average Bonchev–Trinajstić information content (AvgIpc) is 2.65. The van der Waals surface area contributed by atoms with Crippen molar-refractivity contribution in [2.45, 2.75) is 32.9 Å². The fourth-order valence-corrected chi connectivity index (χ4v) is 4.23. The highest BCUT2D eigenvalue weighted by Crippen LogP contribution is 2.24. The van der Waals surface area contributed by atoms with E-state index in [0.717, 1.165) is 16.1 Å². The number of halogens is 1. The molecule has 1 amide bonds. The van der Waals surface area contributed by atoms with Crippen LogP contribution in [0.25, 0.3) is 0 Å². The zero-order valence-electron chi connectivity index (χ0n) is 16.2. The largest absolute Gasteiger partial charge is 0.494 e. The maximum atomic E-state index is 12.9. The van der Waals surface area contributed by atoms with Crippen molar-refractivity contribution in [2.24, 2.45) is 0 Å². The van der Waals surface area contributed by atoms with E-state index in [-0.39, 0.29) is 12.5 Å². The van der Waals surface area contributed by atoms with Crippen LogP contribution in [0.5, 0.6) is 5.75 Å². The van der Waals surface area contributed by atoms with Crippen molar-refractivity contribution in [2.75, 3.05) is 17.2 Å². The van der Waals surface area contributed by atoms with E-state index in [4.69, 9.17) is 16.3 Å². The molecule has 2 rings (SSSR count). The number of rotatable bonds is 9. The Balaban J connectivity index is 2.24. The van der Waals surface area contributed by atoms with Crippen molar-refractivity contribution in [1.82, 2.24) is 5.32 Å². The topological polar surface area (TPSA) is 75.7 Å². The lowest BCUT2D eigenvalue weighted by atomic mass is 10.1. The third-order valence-electron chi connectivity index (χ3n) is 4.14. The number of ether oxygens (including phenoxy) is 1. The van der Waals surface area contributed by atoms with E-state index in [2.05, 4.69) is 5.32 Å². The summed E-state index contributed by atoms with van der Waals surface area (Å²) < 4.78 is 31.6. The van der Waals surface area contributed by atoms with Gasteiger partial charge in [0.2, 0.25) is 15.9 Å². The van der Waals surface area contributed by atoms with Gasteiger partial charge in [-0.15, -0.1) is 0 Å². The van der Waals surface area contributed by atoms with Crippen molar-refractivity contribution in [1.29, 1.82) is 0 Å². The molecule has 0 spiro atoms. The van der Waals surface area contributed by atoms with Gasteiger partial charge in [-0.05, 0) is 43.7 Å². The Morgan fingerprint density at radius 1 is 1.14 bits per heavy atom. The predicted octanol–water partition coefficient (Wildman–Crippen LogP) is 3.60. The second-order valence-corrected chi connectivity index (χ2v) is 8.51. The minimum absolute atomic E-state index is 0.240. The van der Waals surface area contributed by atoms with Crippen LogP contribution in [-0.4, -0.2) is 33.2 Å². The smallest absolute Gasteiger partial charge is 0.244 e. The fraction of sp³-hybridized carbons (Fsp3) is 0.350. The number of hydrogen-bond donors (Lipinski definition) is 1. The van der Waals surface area contributed by atoms with E-state index < -0.39 is 16.1 Å². The Kier molecular flexibility index (Phi) is 7.71. The number of sulfonamides is 1. The summed E-state index contributed by atoms with van der Waals surface area (Å²) >= 11 is 5.91. The molecule has 0 aromatic heterocycles. The summed E-state index contributed by atoms with van der Waals surface area (Å²) in [4.78, 5) is 12.9. The SMILES string of the molecule is CCOc1ccccc1CNC(=O)[C@H](CC)N(c1ccc(Cl)cc1)S(C)(=O)=O. The van der Waals surface area contributed by atoms with E-state index in [9.17, 15) is 13.2 Å². The summed E-state index contributed by atoms with van der Waals surface area (Å²) in [6, 6.07) is 12.9. The summed E-state index contributed by atoms with van der Waals surface area (Å²) in [5.74, 6) is 0.310. The van der Waals surface area contributed by atoms with Gasteiger partial charge in [0.05, 0.1) is 18.6 Å². The molecule has 0 fully saturated rings. The fourth-order valence-electron chi connectivity index (χ4n) is 2.89. The van der Waals surface area contributed by atoms with Gasteiger partial charge in [-0.25, -0.2) is 8.42 Å². The van der Waals surface area contributed by atoms with Crippen LogP contribution in [0.4, 0.5) is 5.69 Å². The van der Waals surface area contributed by atoms with Crippen molar-refractivity contribution in [3.05, 3.63) is 59.1 Å². The lowest BCUT2D eigenvalue weighted by Crippen LogP contribution is -2.49. The van der Waals surface area contributed by atoms with E-state index in [0.29, 0.717) is 29.5 Å². The highest BCUT2D eigenvalue weighted by atomic mass is 35.5. The summed E-state index contributed by atoms with van der Waals surface area (Å²) in [6.07, 6.45) is 1.40. The standard InChI is InChI=1S/C20H25ClN2O4S/c1-4-18(23(28(3,25)26)17-12-10-16(21)11-13-17)20(24)22-14-15-8-6-7-9-19(15)27-5-2/h6-13,18H,4-5,14H2,1-3H3,(H,22,24)/t18-/m0/s1. The first-order valence-electron chi connectivity index (χ1n) is 9.01. The predicted molar refractivity (Wildman–Crippen MR) is 112 cm³/mol. The number of carbonyl (C=O) groups excluding carboxylic acids is 1. The first-order chi connectivity index (χ1) is 13.3. The molecule has 0 heterocycles. The van der Waals surface area contributed by atoms with Crippen LogP contribution in [0.1, 0.15) is 25.8 Å². The van der Waals surface area contributed by atoms with Gasteiger partial charge in [0.25, 0.3) is 0 Å². The molecule has 1 N–H and O–H groups in total. The second kappa shape index (κ2) is 9.80. The number of para-hydroxylation sites is 1. The van der Waals surface area contributed by atoms with Crippen LogP contribution in [0.2, 0.25) is 5.02 Å². The summed E-state index contributed by atoms with van der Waals surface area (Å²) in [7, 11) is -3.68. The van der Waals surface area contributed by atoms with Gasteiger partial charge in [0.15, 0.2) is 0 Å². The highest BCUT2D eigenvalue weighted by molar-refractivity contribution is 7.92. The Labute approximate surface area is 171 Å². The summed E-state index contributed by atoms with van der Waals surface area (Å²) in [5.41, 5.74) is 1.22. The second-order valence-electron chi connectivity index (χ2n) is 6.22. The lowest BCUT2D eigenvalue weighted by Gasteiger charge is -2.30. The molecule has 0 aliphatic rings. The maximum Gasteiger partial charge on any atom is 0.244 e. The third kappa shape index (κ3) is 5.62. The Hall–Kier alpha value is -2.25. The van der Waals surface area contributed by atoms with Gasteiger partial charge in [0.1, 0.15) is 11.8 Å². The molecule has 6 nitrogen and oxygen atoms in total. The molecule has 2 aromatic rings. The van der Waals surface area contributed by atoms with Gasteiger partial charge in [-0.1, -0.05) is 36.7 Å². The molecule has 152 valence electrons. The van der Waals surface area contributed by atoms with Gasteiger partial charge in [-0.3, -0.25) is 9.10 Å². The molecule has 2 aromatic carbocycles. The monoisotopic (exact) mass is 424 g/mol. The minimum Gasteiger partial charge on any atom is -0.494 e. The number of nitrogens with one attached hydrogen (secondary N) is 1. The number of nitrogens with zero attached hydrogens (tertiary/aromatic N) is 1. The molecule has 0 saturated heterocycles. The molecular formula is C20H25ClN2O4S. The van der Waals surface area contributed by atoms with Crippen molar-refractivity contribution < 1.29 is 17.9 Å². The molecular weight excluding hydrogens is 400 g/mol. The van der Waals surface area contributed by atoms with E-state index in [1.165, 1.54) is 0 Å². The van der Waals surface area contributed by atoms with Crippen LogP contribution in [-0.2, 0) is 21.4 Å². The number of amides is 1. The molecule has 0 saturated carbocycles. The minimum atomic E-state index is -3.68. The molecule has 0 radical (unpaired) electrons. The first-order valence-corrected chi connectivity index (χ1v) is 11.2. The van der Waals surface area contributed by atoms with Crippen LogP contribution in [0, 0.1) is 0 Å². The Morgan fingerprint density at radius 3 is 2.36 bits per heavy atom. The molecule has 8 heteroatoms. The molecule has 28 heavy (non-hydrogen) atoms. The zero-order chi connectivity index (χ0) is 20.7. The van der Waals surface area contributed by atoms with Crippen LogP contribution < -0.4 is 14.4 Å². The lowest BCUT2D eigenvalue weighted by molar-refractivity contribution is -0.122. The molecule has 0 bridgehead atoms. The number of benzene rings is 2. The Morgan fingerprint density at radius 2 is 1.79 bits per heavy atom. The molecule has 1 atom stereocenters. The number of anilines is 1. The van der Waals surface area contributed by atoms with E-state index >= 15 is 0 Å². The van der Waals surface area contributed by atoms with Crippen LogP contribution in [0.3, 0.4) is 0 Å². The normalized spacial score (nSPS) is 12.3. The van der Waals surface area contributed by atoms with Gasteiger partial charge < -0.3 is 10.1 Å². The average molecular weight is 425 g/mol. The summed E-state index contributed by atoms with van der Waals surface area (Å²) in [5, 5.41) is 3.32. The van der Waals surface area contributed by atoms with Crippen molar-refractivity contribution >= 4 is 33.2 Å². The van der Waals surface area contributed by atoms with Gasteiger partial charge >= 0.3 is 0 Å². The van der Waals surface area contributed by atoms with Gasteiger partial charge in [0, 0.05) is 17.1 Å². The molecule has 0 aliphatic heterocycles. The van der Waals surface area contributed by atoms with E-state index in [1.54, 1.807) is 31.2 Å². The maximum absolute atomic E-state index is 12.9. The quantitative estimate of drug-likeness (QED) is 0.667. The van der Waals surface area contributed by atoms with Crippen LogP contribution >= 0.6 is 11.6 Å². The first kappa shape index (κ1) is 22.0. The third-order valence-corrected chi connectivity index (χ3v) is 5.57. The molecule has 0 aliphatic carbocycles. The van der Waals surface area contributed by atoms with E-state index in [1.807, 2.05) is 31.2 Å². The van der Waals surface area contributed by atoms with Crippen LogP contribution in [0.15, 0.2) is 48.5 Å². The van der Waals surface area contributed by atoms with Crippen molar-refractivity contribution in [3.8, 4) is 5.75 Å². The Bertz CT molecular complexity index is 901. The van der Waals surface area contributed by atoms with Crippen molar-refractivity contribution in [3.63, 3.8) is 0 Å². The van der Waals surface area contributed by atoms with Gasteiger partial charge in [-0.2, -0.15) is 0 Å². The molecule has 0 unspecified atom stereocenters. The highest BCUT2D eigenvalue weighted by Gasteiger charge is 2.31. The summed E-state index contributed by atoms with van der Waals surface area (Å²) in [6.45, 7) is 4.41.